The average molecular weight is 232 g/mol. The summed E-state index contributed by atoms with van der Waals surface area (Å²) in [5.74, 6) is 0.817. The highest BCUT2D eigenvalue weighted by Crippen LogP contribution is 2.11. The molecule has 1 aliphatic rings. The van der Waals surface area contributed by atoms with E-state index in [2.05, 4.69) is 41.8 Å². The van der Waals surface area contributed by atoms with Crippen LogP contribution in [0.3, 0.4) is 0 Å². The van der Waals surface area contributed by atoms with Crippen molar-refractivity contribution >= 4 is 0 Å². The SMILES string of the molecule is CCc1ccccc1CNCC1CCCNC1. The minimum atomic E-state index is 0.817. The van der Waals surface area contributed by atoms with Gasteiger partial charge in [0.1, 0.15) is 0 Å². The lowest BCUT2D eigenvalue weighted by molar-refractivity contribution is 0.360. The van der Waals surface area contributed by atoms with E-state index in [-0.39, 0.29) is 0 Å². The number of piperidine rings is 1. The fraction of sp³-hybridized carbons (Fsp3) is 0.600. The molecule has 1 fully saturated rings. The molecular formula is C15H24N2. The molecule has 2 nitrogen and oxygen atoms in total. The van der Waals surface area contributed by atoms with Crippen molar-refractivity contribution in [3.63, 3.8) is 0 Å². The van der Waals surface area contributed by atoms with E-state index in [4.69, 9.17) is 0 Å². The highest BCUT2D eigenvalue weighted by atomic mass is 14.9. The standard InChI is InChI=1S/C15H24N2/c1-2-14-7-3-4-8-15(14)12-17-11-13-6-5-9-16-10-13/h3-4,7-8,13,16-17H,2,5-6,9-12H2,1H3. The molecule has 0 spiro atoms. The first-order valence-electron chi connectivity index (χ1n) is 6.88. The Labute approximate surface area is 105 Å². The van der Waals surface area contributed by atoms with Crippen LogP contribution in [-0.4, -0.2) is 19.6 Å². The lowest BCUT2D eigenvalue weighted by Crippen LogP contribution is -2.35. The molecule has 0 aliphatic carbocycles. The molecule has 94 valence electrons. The molecule has 1 heterocycles. The van der Waals surface area contributed by atoms with Gasteiger partial charge >= 0.3 is 0 Å². The fourth-order valence-corrected chi connectivity index (χ4v) is 2.58. The zero-order chi connectivity index (χ0) is 11.9. The average Bonchev–Trinajstić information content (AvgIpc) is 2.40. The zero-order valence-corrected chi connectivity index (χ0v) is 10.8. The van der Waals surface area contributed by atoms with Gasteiger partial charge in [0.15, 0.2) is 0 Å². The summed E-state index contributed by atoms with van der Waals surface area (Å²) in [5, 5.41) is 7.07. The summed E-state index contributed by atoms with van der Waals surface area (Å²) < 4.78 is 0. The first kappa shape index (κ1) is 12.6. The van der Waals surface area contributed by atoms with Crippen LogP contribution in [-0.2, 0) is 13.0 Å². The molecule has 1 unspecified atom stereocenters. The molecule has 1 aromatic rings. The van der Waals surface area contributed by atoms with Crippen molar-refractivity contribution in [2.24, 2.45) is 5.92 Å². The van der Waals surface area contributed by atoms with Crippen LogP contribution in [0, 0.1) is 5.92 Å². The van der Waals surface area contributed by atoms with Crippen molar-refractivity contribution in [2.45, 2.75) is 32.7 Å². The molecule has 2 rings (SSSR count). The molecule has 0 amide bonds. The van der Waals surface area contributed by atoms with Crippen LogP contribution in [0.4, 0.5) is 0 Å². The van der Waals surface area contributed by atoms with Gasteiger partial charge < -0.3 is 10.6 Å². The number of benzene rings is 1. The summed E-state index contributed by atoms with van der Waals surface area (Å²) in [4.78, 5) is 0. The van der Waals surface area contributed by atoms with E-state index in [1.165, 1.54) is 37.1 Å². The number of rotatable bonds is 5. The first-order chi connectivity index (χ1) is 8.40. The fourth-order valence-electron chi connectivity index (χ4n) is 2.58. The summed E-state index contributed by atoms with van der Waals surface area (Å²) in [6, 6.07) is 8.75. The molecule has 0 radical (unpaired) electrons. The van der Waals surface area contributed by atoms with Gasteiger partial charge in [-0.2, -0.15) is 0 Å². The highest BCUT2D eigenvalue weighted by Gasteiger charge is 2.12. The summed E-state index contributed by atoms with van der Waals surface area (Å²) >= 11 is 0. The van der Waals surface area contributed by atoms with Crippen molar-refractivity contribution in [3.05, 3.63) is 35.4 Å². The van der Waals surface area contributed by atoms with E-state index >= 15 is 0 Å². The molecule has 1 aromatic carbocycles. The molecule has 0 aromatic heterocycles. The summed E-state index contributed by atoms with van der Waals surface area (Å²) in [6.45, 7) is 6.77. The van der Waals surface area contributed by atoms with Crippen molar-refractivity contribution in [1.82, 2.24) is 10.6 Å². The third-order valence-electron chi connectivity index (χ3n) is 3.65. The molecular weight excluding hydrogens is 208 g/mol. The second-order valence-corrected chi connectivity index (χ2v) is 4.97. The topological polar surface area (TPSA) is 24.1 Å². The van der Waals surface area contributed by atoms with Gasteiger partial charge in [0.25, 0.3) is 0 Å². The molecule has 1 saturated heterocycles. The second-order valence-electron chi connectivity index (χ2n) is 4.97. The van der Waals surface area contributed by atoms with E-state index in [9.17, 15) is 0 Å². The van der Waals surface area contributed by atoms with Gasteiger partial charge in [0.2, 0.25) is 0 Å². The van der Waals surface area contributed by atoms with Crippen molar-refractivity contribution in [2.75, 3.05) is 19.6 Å². The third kappa shape index (κ3) is 3.83. The summed E-state index contributed by atoms with van der Waals surface area (Å²) in [5.41, 5.74) is 2.93. The zero-order valence-electron chi connectivity index (χ0n) is 10.8. The quantitative estimate of drug-likeness (QED) is 0.814. The maximum atomic E-state index is 3.61. The Morgan fingerprint density at radius 2 is 2.12 bits per heavy atom. The Bertz CT molecular complexity index is 329. The van der Waals surface area contributed by atoms with Gasteiger partial charge in [-0.25, -0.2) is 0 Å². The summed E-state index contributed by atoms with van der Waals surface area (Å²) in [6.07, 6.45) is 3.83. The van der Waals surface area contributed by atoms with Gasteiger partial charge in [0, 0.05) is 6.54 Å². The number of aryl methyl sites for hydroxylation is 1. The highest BCUT2D eigenvalue weighted by molar-refractivity contribution is 5.26. The van der Waals surface area contributed by atoms with Crippen LogP contribution >= 0.6 is 0 Å². The largest absolute Gasteiger partial charge is 0.316 e. The Kier molecular flexibility index (Phi) is 5.02. The van der Waals surface area contributed by atoms with Crippen LogP contribution in [0.25, 0.3) is 0 Å². The molecule has 1 atom stereocenters. The second kappa shape index (κ2) is 6.77. The minimum Gasteiger partial charge on any atom is -0.316 e. The smallest absolute Gasteiger partial charge is 0.0208 e. The van der Waals surface area contributed by atoms with Gasteiger partial charge in [0.05, 0.1) is 0 Å². The van der Waals surface area contributed by atoms with Crippen LogP contribution < -0.4 is 10.6 Å². The van der Waals surface area contributed by atoms with Gasteiger partial charge in [-0.1, -0.05) is 31.2 Å². The predicted molar refractivity (Wildman–Crippen MR) is 73.1 cm³/mol. The van der Waals surface area contributed by atoms with Gasteiger partial charge in [-0.15, -0.1) is 0 Å². The summed E-state index contributed by atoms with van der Waals surface area (Å²) in [7, 11) is 0. The molecule has 2 heteroatoms. The molecule has 1 aliphatic heterocycles. The van der Waals surface area contributed by atoms with E-state index in [1.807, 2.05) is 0 Å². The number of hydrogen-bond donors (Lipinski definition) is 2. The number of hydrogen-bond acceptors (Lipinski definition) is 2. The lowest BCUT2D eigenvalue weighted by Gasteiger charge is -2.23. The van der Waals surface area contributed by atoms with Crippen LogP contribution in [0.5, 0.6) is 0 Å². The van der Waals surface area contributed by atoms with E-state index in [0.717, 1.165) is 25.4 Å². The van der Waals surface area contributed by atoms with Crippen molar-refractivity contribution < 1.29 is 0 Å². The van der Waals surface area contributed by atoms with E-state index < -0.39 is 0 Å². The number of nitrogens with one attached hydrogen (secondary N) is 2. The Hall–Kier alpha value is -0.860. The Morgan fingerprint density at radius 1 is 1.29 bits per heavy atom. The van der Waals surface area contributed by atoms with Crippen LogP contribution in [0.2, 0.25) is 0 Å². The third-order valence-corrected chi connectivity index (χ3v) is 3.65. The molecule has 0 bridgehead atoms. The lowest BCUT2D eigenvalue weighted by atomic mass is 9.99. The minimum absolute atomic E-state index is 0.817. The predicted octanol–water partition coefficient (Wildman–Crippen LogP) is 2.34. The maximum absolute atomic E-state index is 3.61. The normalized spacial score (nSPS) is 20.4. The first-order valence-corrected chi connectivity index (χ1v) is 6.88. The molecule has 17 heavy (non-hydrogen) atoms. The van der Waals surface area contributed by atoms with E-state index in [0.29, 0.717) is 0 Å². The van der Waals surface area contributed by atoms with Crippen molar-refractivity contribution in [3.8, 4) is 0 Å². The van der Waals surface area contributed by atoms with Gasteiger partial charge in [-0.3, -0.25) is 0 Å². The molecule has 0 saturated carbocycles. The molecule has 2 N–H and O–H groups in total. The monoisotopic (exact) mass is 232 g/mol. The van der Waals surface area contributed by atoms with E-state index in [1.54, 1.807) is 0 Å². The van der Waals surface area contributed by atoms with Crippen LogP contribution in [0.15, 0.2) is 24.3 Å². The van der Waals surface area contributed by atoms with Gasteiger partial charge in [-0.05, 0) is 55.9 Å². The Morgan fingerprint density at radius 3 is 2.82 bits per heavy atom. The van der Waals surface area contributed by atoms with Crippen LogP contribution in [0.1, 0.15) is 30.9 Å². The Balaban J connectivity index is 1.77. The maximum Gasteiger partial charge on any atom is 0.0208 e. The van der Waals surface area contributed by atoms with Crippen molar-refractivity contribution in [1.29, 1.82) is 0 Å².